The van der Waals surface area contributed by atoms with Gasteiger partial charge in [-0.15, -0.1) is 11.3 Å². The lowest BCUT2D eigenvalue weighted by Gasteiger charge is -2.11. The van der Waals surface area contributed by atoms with Crippen LogP contribution in [-0.2, 0) is 9.59 Å². The van der Waals surface area contributed by atoms with Crippen LogP contribution in [0.3, 0.4) is 0 Å². The number of aromatic nitrogens is 1. The monoisotopic (exact) mass is 407 g/mol. The van der Waals surface area contributed by atoms with Crippen molar-refractivity contribution in [1.29, 1.82) is 0 Å². The highest BCUT2D eigenvalue weighted by Crippen LogP contribution is 2.32. The SMILES string of the molecule is O=C(CCCN1C(=O)SC(=Cc2ccc(Cl)cc2)C1=O)Nc1nccs1. The molecule has 1 aliphatic rings. The molecule has 0 unspecified atom stereocenters. The highest BCUT2D eigenvalue weighted by Gasteiger charge is 2.34. The molecule has 1 fully saturated rings. The predicted octanol–water partition coefficient (Wildman–Crippen LogP) is 4.25. The summed E-state index contributed by atoms with van der Waals surface area (Å²) >= 11 is 8.07. The zero-order valence-corrected chi connectivity index (χ0v) is 15.9. The summed E-state index contributed by atoms with van der Waals surface area (Å²) in [4.78, 5) is 41.8. The van der Waals surface area contributed by atoms with Crippen LogP contribution in [0.5, 0.6) is 0 Å². The van der Waals surface area contributed by atoms with Gasteiger partial charge < -0.3 is 5.32 Å². The van der Waals surface area contributed by atoms with Gasteiger partial charge >= 0.3 is 0 Å². The van der Waals surface area contributed by atoms with E-state index in [2.05, 4.69) is 10.3 Å². The van der Waals surface area contributed by atoms with Crippen LogP contribution < -0.4 is 5.32 Å². The minimum atomic E-state index is -0.338. The number of nitrogens with one attached hydrogen (secondary N) is 1. The lowest BCUT2D eigenvalue weighted by Crippen LogP contribution is -2.29. The number of thioether (sulfide) groups is 1. The zero-order chi connectivity index (χ0) is 18.5. The Kier molecular flexibility index (Phi) is 6.08. The van der Waals surface area contributed by atoms with Crippen LogP contribution in [0.4, 0.5) is 9.93 Å². The fourth-order valence-corrected chi connectivity index (χ4v) is 3.80. The number of thiazole rings is 1. The number of carbonyl (C=O) groups is 3. The van der Waals surface area contributed by atoms with E-state index in [9.17, 15) is 14.4 Å². The first kappa shape index (κ1) is 18.6. The topological polar surface area (TPSA) is 79.4 Å². The van der Waals surface area contributed by atoms with Crippen LogP contribution in [0.25, 0.3) is 6.08 Å². The number of rotatable bonds is 6. The largest absolute Gasteiger partial charge is 0.302 e. The lowest BCUT2D eigenvalue weighted by atomic mass is 10.2. The average Bonchev–Trinajstić information content (AvgIpc) is 3.20. The molecule has 1 saturated heterocycles. The Hall–Kier alpha value is -2.16. The Balaban J connectivity index is 1.54. The van der Waals surface area contributed by atoms with Gasteiger partial charge in [-0.05, 0) is 42.0 Å². The van der Waals surface area contributed by atoms with Crippen LogP contribution in [0.2, 0.25) is 5.02 Å². The van der Waals surface area contributed by atoms with Crippen molar-refractivity contribution in [2.75, 3.05) is 11.9 Å². The maximum absolute atomic E-state index is 12.4. The number of anilines is 1. The van der Waals surface area contributed by atoms with Crippen molar-refractivity contribution in [1.82, 2.24) is 9.88 Å². The van der Waals surface area contributed by atoms with E-state index in [0.29, 0.717) is 21.5 Å². The van der Waals surface area contributed by atoms with Crippen LogP contribution in [-0.4, -0.2) is 33.5 Å². The van der Waals surface area contributed by atoms with Gasteiger partial charge in [0, 0.05) is 29.6 Å². The van der Waals surface area contributed by atoms with Gasteiger partial charge in [-0.2, -0.15) is 0 Å². The molecule has 9 heteroatoms. The van der Waals surface area contributed by atoms with Crippen molar-refractivity contribution in [3.8, 4) is 0 Å². The Morgan fingerprint density at radius 3 is 2.73 bits per heavy atom. The van der Waals surface area contributed by atoms with Crippen molar-refractivity contribution in [2.24, 2.45) is 0 Å². The molecule has 26 heavy (non-hydrogen) atoms. The summed E-state index contributed by atoms with van der Waals surface area (Å²) < 4.78 is 0. The van der Waals surface area contributed by atoms with Crippen LogP contribution >= 0.6 is 34.7 Å². The summed E-state index contributed by atoms with van der Waals surface area (Å²) in [5.74, 6) is -0.529. The van der Waals surface area contributed by atoms with E-state index in [4.69, 9.17) is 11.6 Å². The Bertz CT molecular complexity index is 851. The smallest absolute Gasteiger partial charge is 0.293 e. The quantitative estimate of drug-likeness (QED) is 0.724. The second-order valence-corrected chi connectivity index (χ2v) is 7.70. The first-order chi connectivity index (χ1) is 12.5. The van der Waals surface area contributed by atoms with Gasteiger partial charge in [0.25, 0.3) is 11.1 Å². The number of benzene rings is 1. The van der Waals surface area contributed by atoms with Crippen molar-refractivity contribution in [3.05, 3.63) is 51.3 Å². The van der Waals surface area contributed by atoms with Gasteiger partial charge in [-0.25, -0.2) is 4.98 Å². The maximum atomic E-state index is 12.4. The van der Waals surface area contributed by atoms with E-state index in [1.807, 2.05) is 0 Å². The highest BCUT2D eigenvalue weighted by molar-refractivity contribution is 8.18. The first-order valence-electron chi connectivity index (χ1n) is 7.73. The second-order valence-electron chi connectivity index (χ2n) is 5.37. The molecule has 1 aromatic heterocycles. The fourth-order valence-electron chi connectivity index (χ4n) is 2.27. The molecule has 0 atom stereocenters. The van der Waals surface area contributed by atoms with Gasteiger partial charge in [0.05, 0.1) is 4.91 Å². The van der Waals surface area contributed by atoms with Gasteiger partial charge in [0.1, 0.15) is 0 Å². The van der Waals surface area contributed by atoms with Gasteiger partial charge in [0.2, 0.25) is 5.91 Å². The van der Waals surface area contributed by atoms with E-state index in [0.717, 1.165) is 17.3 Å². The summed E-state index contributed by atoms with van der Waals surface area (Å²) in [6.07, 6.45) is 3.87. The minimum Gasteiger partial charge on any atom is -0.302 e. The number of carbonyl (C=O) groups excluding carboxylic acids is 3. The van der Waals surface area contributed by atoms with Crippen molar-refractivity contribution >= 4 is 63.0 Å². The minimum absolute atomic E-state index is 0.191. The number of halogens is 1. The maximum Gasteiger partial charge on any atom is 0.293 e. The van der Waals surface area contributed by atoms with E-state index in [1.54, 1.807) is 41.9 Å². The normalized spacial score (nSPS) is 15.7. The van der Waals surface area contributed by atoms with Gasteiger partial charge in [-0.3, -0.25) is 19.3 Å². The van der Waals surface area contributed by atoms with Gasteiger partial charge in [-0.1, -0.05) is 23.7 Å². The summed E-state index contributed by atoms with van der Waals surface area (Å²) in [5, 5.41) is 5.25. The van der Waals surface area contributed by atoms with E-state index in [-0.39, 0.29) is 30.0 Å². The van der Waals surface area contributed by atoms with Crippen LogP contribution in [0.15, 0.2) is 40.7 Å². The van der Waals surface area contributed by atoms with Crippen LogP contribution in [0, 0.1) is 0 Å². The molecule has 0 bridgehead atoms. The molecule has 0 spiro atoms. The first-order valence-corrected chi connectivity index (χ1v) is 9.80. The predicted molar refractivity (Wildman–Crippen MR) is 104 cm³/mol. The number of imide groups is 1. The van der Waals surface area contributed by atoms with Crippen molar-refractivity contribution in [2.45, 2.75) is 12.8 Å². The van der Waals surface area contributed by atoms with Gasteiger partial charge in [0.15, 0.2) is 5.13 Å². The Morgan fingerprint density at radius 2 is 2.04 bits per heavy atom. The van der Waals surface area contributed by atoms with Crippen molar-refractivity contribution in [3.63, 3.8) is 0 Å². The summed E-state index contributed by atoms with van der Waals surface area (Å²) in [5.41, 5.74) is 0.794. The second kappa shape index (κ2) is 8.48. The van der Waals surface area contributed by atoms with E-state index >= 15 is 0 Å². The molecule has 0 saturated carbocycles. The average molecular weight is 408 g/mol. The Labute approximate surface area is 163 Å². The molecule has 6 nitrogen and oxygen atoms in total. The molecule has 2 aromatic rings. The number of hydrogen-bond donors (Lipinski definition) is 1. The molecule has 1 N–H and O–H groups in total. The van der Waals surface area contributed by atoms with Crippen LogP contribution in [0.1, 0.15) is 18.4 Å². The summed E-state index contributed by atoms with van der Waals surface area (Å²) in [6, 6.07) is 7.00. The number of amides is 3. The third kappa shape index (κ3) is 4.72. The summed E-state index contributed by atoms with van der Waals surface area (Å²) in [7, 11) is 0. The molecular formula is C17H14ClN3O3S2. The molecule has 1 aliphatic heterocycles. The third-order valence-corrected chi connectivity index (χ3v) is 5.35. The molecule has 1 aromatic carbocycles. The van der Waals surface area contributed by atoms with Crippen molar-refractivity contribution < 1.29 is 14.4 Å². The molecule has 3 rings (SSSR count). The molecule has 0 radical (unpaired) electrons. The standard InChI is InChI=1S/C17H14ClN3O3S2/c18-12-5-3-11(4-6-12)10-13-15(23)21(17(24)26-13)8-1-2-14(22)20-16-19-7-9-25-16/h3-7,9-10H,1-2,8H2,(H,19,20,22). The zero-order valence-electron chi connectivity index (χ0n) is 13.5. The Morgan fingerprint density at radius 1 is 1.27 bits per heavy atom. The third-order valence-electron chi connectivity index (χ3n) is 3.51. The van der Waals surface area contributed by atoms with E-state index in [1.165, 1.54) is 16.2 Å². The summed E-state index contributed by atoms with van der Waals surface area (Å²) in [6.45, 7) is 0.202. The lowest BCUT2D eigenvalue weighted by molar-refractivity contribution is -0.123. The molecule has 3 amide bonds. The highest BCUT2D eigenvalue weighted by atomic mass is 35.5. The van der Waals surface area contributed by atoms with E-state index < -0.39 is 0 Å². The molecule has 0 aliphatic carbocycles. The fraction of sp³-hybridized carbons (Fsp3) is 0.176. The molecular weight excluding hydrogens is 394 g/mol. The number of hydrogen-bond acceptors (Lipinski definition) is 6. The molecule has 2 heterocycles. The number of nitrogens with zero attached hydrogens (tertiary/aromatic N) is 2. The molecule has 134 valence electrons.